The van der Waals surface area contributed by atoms with Gasteiger partial charge in [0.25, 0.3) is 0 Å². The summed E-state index contributed by atoms with van der Waals surface area (Å²) in [6.07, 6.45) is 2.89. The van der Waals surface area contributed by atoms with Gasteiger partial charge in [0.2, 0.25) is 0 Å². The summed E-state index contributed by atoms with van der Waals surface area (Å²) < 4.78 is 0. The first kappa shape index (κ1) is 17.2. The zero-order valence-corrected chi connectivity index (χ0v) is 12.3. The number of carbonyl (C=O) groups is 2. The zero-order chi connectivity index (χ0) is 16.5. The Morgan fingerprint density at radius 2 is 1.68 bits per heavy atom. The predicted molar refractivity (Wildman–Crippen MR) is 85.4 cm³/mol. The lowest BCUT2D eigenvalue weighted by molar-refractivity contribution is 0.0695. The van der Waals surface area contributed by atoms with E-state index in [0.29, 0.717) is 5.56 Å². The first-order valence-electron chi connectivity index (χ1n) is 6.67. The van der Waals surface area contributed by atoms with Gasteiger partial charge in [0, 0.05) is 0 Å². The zero-order valence-electron chi connectivity index (χ0n) is 12.3. The molecule has 0 unspecified atom stereocenters. The molecule has 4 nitrogen and oxygen atoms in total. The van der Waals surface area contributed by atoms with Gasteiger partial charge in [-0.1, -0.05) is 42.5 Å². The first-order valence-corrected chi connectivity index (χ1v) is 6.67. The predicted octanol–water partition coefficient (Wildman–Crippen LogP) is 3.81. The number of aromatic carboxylic acids is 2. The van der Waals surface area contributed by atoms with Crippen molar-refractivity contribution < 1.29 is 19.8 Å². The van der Waals surface area contributed by atoms with Gasteiger partial charge in [-0.2, -0.15) is 0 Å². The Morgan fingerprint density at radius 3 is 2.18 bits per heavy atom. The van der Waals surface area contributed by atoms with E-state index in [1.165, 1.54) is 17.7 Å². The molecule has 2 aromatic carbocycles. The van der Waals surface area contributed by atoms with Crippen LogP contribution in [0.1, 0.15) is 31.8 Å². The van der Waals surface area contributed by atoms with Crippen LogP contribution in [0.4, 0.5) is 0 Å². The maximum absolute atomic E-state index is 10.6. The quantitative estimate of drug-likeness (QED) is 0.842. The Hall–Kier alpha value is -2.88. The molecule has 0 atom stereocenters. The van der Waals surface area contributed by atoms with Crippen LogP contribution < -0.4 is 0 Å². The molecule has 0 spiro atoms. The molecular formula is C18H18O4. The number of rotatable bonds is 4. The lowest BCUT2D eigenvalue weighted by atomic mass is 10.1. The van der Waals surface area contributed by atoms with E-state index in [4.69, 9.17) is 10.2 Å². The van der Waals surface area contributed by atoms with Crippen molar-refractivity contribution in [3.63, 3.8) is 0 Å². The smallest absolute Gasteiger partial charge is 0.335 e. The molecule has 0 aliphatic heterocycles. The van der Waals surface area contributed by atoms with Gasteiger partial charge in [0.15, 0.2) is 0 Å². The van der Waals surface area contributed by atoms with Gasteiger partial charge < -0.3 is 10.2 Å². The summed E-state index contributed by atoms with van der Waals surface area (Å²) >= 11 is 0. The highest BCUT2D eigenvalue weighted by Gasteiger charge is 2.10. The van der Waals surface area contributed by atoms with E-state index >= 15 is 0 Å². The van der Waals surface area contributed by atoms with E-state index in [2.05, 4.69) is 18.7 Å². The molecule has 0 fully saturated rings. The fourth-order valence-corrected chi connectivity index (χ4v) is 1.77. The molecule has 2 N–H and O–H groups in total. The van der Waals surface area contributed by atoms with Crippen molar-refractivity contribution in [3.8, 4) is 0 Å². The number of allylic oxidation sites excluding steroid dienone is 1. The van der Waals surface area contributed by atoms with Crippen molar-refractivity contribution in [2.24, 2.45) is 0 Å². The second kappa shape index (κ2) is 8.42. The molecule has 0 saturated heterocycles. The van der Waals surface area contributed by atoms with Crippen molar-refractivity contribution in [2.75, 3.05) is 0 Å². The molecule has 0 aromatic heterocycles. The molecule has 0 amide bonds. The van der Waals surface area contributed by atoms with Crippen molar-refractivity contribution in [3.05, 3.63) is 83.4 Å². The Labute approximate surface area is 129 Å². The Morgan fingerprint density at radius 1 is 1.05 bits per heavy atom. The van der Waals surface area contributed by atoms with Gasteiger partial charge in [0.1, 0.15) is 0 Å². The van der Waals surface area contributed by atoms with Crippen molar-refractivity contribution in [1.82, 2.24) is 0 Å². The highest BCUT2D eigenvalue weighted by molar-refractivity contribution is 5.94. The van der Waals surface area contributed by atoms with Crippen LogP contribution in [0.5, 0.6) is 0 Å². The highest BCUT2D eigenvalue weighted by atomic mass is 16.4. The molecule has 0 heterocycles. The summed E-state index contributed by atoms with van der Waals surface area (Å²) in [5.41, 5.74) is 1.90. The molecule has 2 aromatic rings. The number of hydrogen-bond donors (Lipinski definition) is 2. The normalized spacial score (nSPS) is 9.32. The monoisotopic (exact) mass is 298 g/mol. The van der Waals surface area contributed by atoms with Gasteiger partial charge in [0.05, 0.1) is 11.1 Å². The fourth-order valence-electron chi connectivity index (χ4n) is 1.77. The second-order valence-corrected chi connectivity index (χ2v) is 4.62. The third-order valence-electron chi connectivity index (χ3n) is 2.94. The molecule has 4 heteroatoms. The van der Waals surface area contributed by atoms with Crippen LogP contribution >= 0.6 is 0 Å². The van der Waals surface area contributed by atoms with Gasteiger partial charge in [-0.05, 0) is 36.6 Å². The van der Waals surface area contributed by atoms with Crippen LogP contribution in [-0.2, 0) is 6.42 Å². The Balaban J connectivity index is 0.000000235. The van der Waals surface area contributed by atoms with Crippen LogP contribution in [0, 0.1) is 6.92 Å². The van der Waals surface area contributed by atoms with E-state index in [1.54, 1.807) is 6.92 Å². The summed E-state index contributed by atoms with van der Waals surface area (Å²) in [5.74, 6) is -2.23. The Bertz CT molecular complexity index is 660. The summed E-state index contributed by atoms with van der Waals surface area (Å²) in [6.45, 7) is 5.28. The highest BCUT2D eigenvalue weighted by Crippen LogP contribution is 2.11. The molecule has 0 aliphatic carbocycles. The minimum absolute atomic E-state index is 0.0111. The summed E-state index contributed by atoms with van der Waals surface area (Å²) in [6, 6.07) is 14.3. The van der Waals surface area contributed by atoms with Crippen molar-refractivity contribution in [1.29, 1.82) is 0 Å². The molecule has 0 saturated carbocycles. The third kappa shape index (κ3) is 5.25. The van der Waals surface area contributed by atoms with Crippen LogP contribution in [0.15, 0.2) is 61.2 Å². The maximum atomic E-state index is 10.6. The fraction of sp³-hybridized carbons (Fsp3) is 0.111. The molecule has 0 radical (unpaired) electrons. The SMILES string of the molecule is C=CCc1ccccc1.Cc1ccc(C(=O)O)cc1C(=O)O. The van der Waals surface area contributed by atoms with E-state index < -0.39 is 11.9 Å². The third-order valence-corrected chi connectivity index (χ3v) is 2.94. The average molecular weight is 298 g/mol. The van der Waals surface area contributed by atoms with Crippen LogP contribution in [0.25, 0.3) is 0 Å². The van der Waals surface area contributed by atoms with Crippen molar-refractivity contribution in [2.45, 2.75) is 13.3 Å². The summed E-state index contributed by atoms with van der Waals surface area (Å²) in [5, 5.41) is 17.3. The average Bonchev–Trinajstić information content (AvgIpc) is 2.49. The lowest BCUT2D eigenvalue weighted by Gasteiger charge is -2.01. The molecule has 22 heavy (non-hydrogen) atoms. The largest absolute Gasteiger partial charge is 0.478 e. The first-order chi connectivity index (χ1) is 10.5. The number of hydrogen-bond acceptors (Lipinski definition) is 2. The molecular weight excluding hydrogens is 280 g/mol. The van der Waals surface area contributed by atoms with Gasteiger partial charge in [-0.3, -0.25) is 0 Å². The van der Waals surface area contributed by atoms with Crippen molar-refractivity contribution >= 4 is 11.9 Å². The molecule has 2 rings (SSSR count). The summed E-state index contributed by atoms with van der Waals surface area (Å²) in [4.78, 5) is 21.1. The van der Waals surface area contributed by atoms with E-state index in [-0.39, 0.29) is 11.1 Å². The maximum Gasteiger partial charge on any atom is 0.335 e. The second-order valence-electron chi connectivity index (χ2n) is 4.62. The standard InChI is InChI=1S/C9H8O4.C9H10/c1-5-2-3-6(8(10)11)4-7(5)9(12)13;1-2-6-9-7-4-3-5-8-9/h2-4H,1H3,(H,10,11)(H,12,13);2-5,7-8H,1,6H2. The molecule has 0 bridgehead atoms. The molecule has 114 valence electrons. The van der Waals surface area contributed by atoms with E-state index in [9.17, 15) is 9.59 Å². The van der Waals surface area contributed by atoms with Gasteiger partial charge in [-0.25, -0.2) is 9.59 Å². The van der Waals surface area contributed by atoms with Crippen LogP contribution in [0.3, 0.4) is 0 Å². The van der Waals surface area contributed by atoms with E-state index in [0.717, 1.165) is 12.5 Å². The number of benzene rings is 2. The Kier molecular flexibility index (Phi) is 6.57. The van der Waals surface area contributed by atoms with Crippen LogP contribution in [-0.4, -0.2) is 22.2 Å². The number of carboxylic acids is 2. The van der Waals surface area contributed by atoms with E-state index in [1.807, 2.05) is 24.3 Å². The number of carboxylic acid groups (broad SMARTS) is 2. The topological polar surface area (TPSA) is 74.6 Å². The van der Waals surface area contributed by atoms with Gasteiger partial charge in [-0.15, -0.1) is 6.58 Å². The van der Waals surface area contributed by atoms with Gasteiger partial charge >= 0.3 is 11.9 Å². The minimum atomic E-state index is -1.12. The van der Waals surface area contributed by atoms with Crippen LogP contribution in [0.2, 0.25) is 0 Å². The minimum Gasteiger partial charge on any atom is -0.478 e. The number of aryl methyl sites for hydroxylation is 1. The lowest BCUT2D eigenvalue weighted by Crippen LogP contribution is -2.03. The molecule has 0 aliphatic rings. The summed E-state index contributed by atoms with van der Waals surface area (Å²) in [7, 11) is 0.